The summed E-state index contributed by atoms with van der Waals surface area (Å²) in [5.41, 5.74) is 1.06. The molecule has 2 N–H and O–H groups in total. The summed E-state index contributed by atoms with van der Waals surface area (Å²) in [7, 11) is 4.94. The molecule has 11 heteroatoms. The molecule has 1 heterocycles. The molecule has 0 atom stereocenters. The van der Waals surface area contributed by atoms with Crippen LogP contribution >= 0.6 is 24.0 Å². The first kappa shape index (κ1) is 27.4. The van der Waals surface area contributed by atoms with Crippen molar-refractivity contribution in [3.8, 4) is 11.5 Å². The van der Waals surface area contributed by atoms with Crippen molar-refractivity contribution in [2.75, 3.05) is 59.0 Å². The predicted molar refractivity (Wildman–Crippen MR) is 126 cm³/mol. The van der Waals surface area contributed by atoms with Crippen molar-refractivity contribution in [3.63, 3.8) is 0 Å². The highest BCUT2D eigenvalue weighted by molar-refractivity contribution is 14.0. The van der Waals surface area contributed by atoms with Crippen molar-refractivity contribution < 1.29 is 27.4 Å². The first-order valence-corrected chi connectivity index (χ1v) is 9.94. The van der Waals surface area contributed by atoms with Gasteiger partial charge in [-0.1, -0.05) is 0 Å². The third-order valence-electron chi connectivity index (χ3n) is 4.78. The smallest absolute Gasteiger partial charge is 0.411 e. The molecule has 1 aromatic rings. The molecule has 0 bridgehead atoms. The van der Waals surface area contributed by atoms with E-state index in [9.17, 15) is 13.2 Å². The molecule has 7 nitrogen and oxygen atoms in total. The number of benzene rings is 1. The number of nitrogens with one attached hydrogen (secondary N) is 2. The average molecular weight is 560 g/mol. The van der Waals surface area contributed by atoms with E-state index in [0.717, 1.165) is 43.1 Å². The fraction of sp³-hybridized carbons (Fsp3) is 0.650. The van der Waals surface area contributed by atoms with Crippen LogP contribution in [0.4, 0.5) is 18.9 Å². The van der Waals surface area contributed by atoms with Gasteiger partial charge in [-0.3, -0.25) is 4.99 Å². The number of hydrogen-bond acceptors (Lipinski definition) is 5. The normalized spacial score (nSPS) is 15.3. The number of anilines is 1. The van der Waals surface area contributed by atoms with Crippen LogP contribution in [-0.4, -0.2) is 72.3 Å². The summed E-state index contributed by atoms with van der Waals surface area (Å²) in [5, 5.41) is 6.50. The van der Waals surface area contributed by atoms with E-state index in [1.165, 1.54) is 0 Å². The Balaban J connectivity index is 0.00000480. The van der Waals surface area contributed by atoms with E-state index in [1.807, 2.05) is 18.2 Å². The quantitative estimate of drug-likeness (QED) is 0.209. The SMILES string of the molecule is CN=C(NCCCOCC(F)(F)F)NC1CCN(c2cc(OC)cc(OC)c2)CC1.I. The minimum Gasteiger partial charge on any atom is -0.497 e. The maximum absolute atomic E-state index is 12.0. The Kier molecular flexibility index (Phi) is 12.1. The van der Waals surface area contributed by atoms with Crippen molar-refractivity contribution >= 4 is 35.6 Å². The number of piperidine rings is 1. The summed E-state index contributed by atoms with van der Waals surface area (Å²) in [4.78, 5) is 6.48. The Labute approximate surface area is 198 Å². The highest BCUT2D eigenvalue weighted by Crippen LogP contribution is 2.30. The van der Waals surface area contributed by atoms with Crippen molar-refractivity contribution in [2.45, 2.75) is 31.5 Å². The van der Waals surface area contributed by atoms with Gasteiger partial charge in [0, 0.05) is 63.2 Å². The third-order valence-corrected chi connectivity index (χ3v) is 4.78. The van der Waals surface area contributed by atoms with E-state index in [0.29, 0.717) is 18.9 Å². The van der Waals surface area contributed by atoms with Crippen LogP contribution in [0.3, 0.4) is 0 Å². The van der Waals surface area contributed by atoms with Gasteiger partial charge < -0.3 is 29.7 Å². The van der Waals surface area contributed by atoms with Crippen LogP contribution in [0.1, 0.15) is 19.3 Å². The second kappa shape index (κ2) is 13.7. The molecule has 1 aliphatic heterocycles. The number of ether oxygens (including phenoxy) is 3. The highest BCUT2D eigenvalue weighted by atomic mass is 127. The van der Waals surface area contributed by atoms with E-state index >= 15 is 0 Å². The lowest BCUT2D eigenvalue weighted by atomic mass is 10.0. The minimum atomic E-state index is -4.28. The van der Waals surface area contributed by atoms with Crippen molar-refractivity contribution in [2.24, 2.45) is 4.99 Å². The van der Waals surface area contributed by atoms with Crippen molar-refractivity contribution in [3.05, 3.63) is 18.2 Å². The van der Waals surface area contributed by atoms with E-state index in [4.69, 9.17) is 9.47 Å². The van der Waals surface area contributed by atoms with Gasteiger partial charge in [0.2, 0.25) is 0 Å². The zero-order valence-corrected chi connectivity index (χ0v) is 20.5. The molecular formula is C20H32F3IN4O3. The van der Waals surface area contributed by atoms with Crippen LogP contribution in [0, 0.1) is 0 Å². The Bertz CT molecular complexity index is 662. The third kappa shape index (κ3) is 10.0. The van der Waals surface area contributed by atoms with E-state index in [-0.39, 0.29) is 36.6 Å². The second-order valence-electron chi connectivity index (χ2n) is 7.00. The standard InChI is InChI=1S/C20H31F3N4O3.HI/c1-24-19(25-7-4-10-30-14-20(21,22)23)26-15-5-8-27(9-6-15)16-11-17(28-2)13-18(12-16)29-3;/h11-13,15H,4-10,14H2,1-3H3,(H2,24,25,26);1H. The minimum absolute atomic E-state index is 0. The summed E-state index contributed by atoms with van der Waals surface area (Å²) in [6.45, 7) is 1.07. The number of alkyl halides is 3. The van der Waals surface area contributed by atoms with Gasteiger partial charge in [-0.2, -0.15) is 13.2 Å². The summed E-state index contributed by atoms with van der Waals surface area (Å²) in [6.07, 6.45) is -1.97. The molecule has 1 aliphatic rings. The van der Waals surface area contributed by atoms with E-state index in [1.54, 1.807) is 21.3 Å². The van der Waals surface area contributed by atoms with Gasteiger partial charge in [0.05, 0.1) is 14.2 Å². The average Bonchev–Trinajstić information content (AvgIpc) is 2.74. The zero-order valence-electron chi connectivity index (χ0n) is 18.1. The molecule has 0 spiro atoms. The molecule has 0 aromatic heterocycles. The maximum Gasteiger partial charge on any atom is 0.411 e. The lowest BCUT2D eigenvalue weighted by Gasteiger charge is -2.34. The summed E-state index contributed by atoms with van der Waals surface area (Å²) in [5.74, 6) is 2.16. The number of methoxy groups -OCH3 is 2. The first-order chi connectivity index (χ1) is 14.3. The summed E-state index contributed by atoms with van der Waals surface area (Å²) in [6, 6.07) is 6.11. The van der Waals surface area contributed by atoms with Gasteiger partial charge in [0.1, 0.15) is 18.1 Å². The number of halogens is 4. The molecular weight excluding hydrogens is 528 g/mol. The van der Waals surface area contributed by atoms with Gasteiger partial charge in [-0.15, -0.1) is 24.0 Å². The number of guanidine groups is 1. The lowest BCUT2D eigenvalue weighted by molar-refractivity contribution is -0.173. The topological polar surface area (TPSA) is 67.4 Å². The fourth-order valence-corrected chi connectivity index (χ4v) is 3.21. The Morgan fingerprint density at radius 2 is 1.74 bits per heavy atom. The zero-order chi connectivity index (χ0) is 22.0. The van der Waals surface area contributed by atoms with Crippen LogP contribution in [0.15, 0.2) is 23.2 Å². The Hall–Kier alpha value is -1.63. The predicted octanol–water partition coefficient (Wildman–Crippen LogP) is 3.42. The summed E-state index contributed by atoms with van der Waals surface area (Å²) >= 11 is 0. The van der Waals surface area contributed by atoms with Gasteiger partial charge in [-0.25, -0.2) is 0 Å². The molecule has 0 radical (unpaired) electrons. The largest absolute Gasteiger partial charge is 0.497 e. The fourth-order valence-electron chi connectivity index (χ4n) is 3.21. The molecule has 0 amide bonds. The van der Waals surface area contributed by atoms with Crippen molar-refractivity contribution in [1.82, 2.24) is 10.6 Å². The number of nitrogens with zero attached hydrogens (tertiary/aromatic N) is 2. The van der Waals surface area contributed by atoms with Gasteiger partial charge in [0.25, 0.3) is 0 Å². The first-order valence-electron chi connectivity index (χ1n) is 9.94. The second-order valence-corrected chi connectivity index (χ2v) is 7.00. The molecule has 2 rings (SSSR count). The van der Waals surface area contributed by atoms with Crippen LogP contribution in [-0.2, 0) is 4.74 Å². The molecule has 0 aliphatic carbocycles. The van der Waals surface area contributed by atoms with E-state index in [2.05, 4.69) is 25.3 Å². The van der Waals surface area contributed by atoms with Crippen LogP contribution < -0.4 is 25.0 Å². The molecule has 1 saturated heterocycles. The van der Waals surface area contributed by atoms with Gasteiger partial charge >= 0.3 is 6.18 Å². The molecule has 178 valence electrons. The van der Waals surface area contributed by atoms with Gasteiger partial charge in [0.15, 0.2) is 5.96 Å². The van der Waals surface area contributed by atoms with Crippen LogP contribution in [0.5, 0.6) is 11.5 Å². The monoisotopic (exact) mass is 560 g/mol. The molecule has 1 fully saturated rings. The van der Waals surface area contributed by atoms with Crippen LogP contribution in [0.25, 0.3) is 0 Å². The Morgan fingerprint density at radius 3 is 2.26 bits per heavy atom. The van der Waals surface area contributed by atoms with E-state index < -0.39 is 12.8 Å². The van der Waals surface area contributed by atoms with Crippen LogP contribution in [0.2, 0.25) is 0 Å². The molecule has 31 heavy (non-hydrogen) atoms. The molecule has 0 unspecified atom stereocenters. The number of hydrogen-bond donors (Lipinski definition) is 2. The lowest BCUT2D eigenvalue weighted by Crippen LogP contribution is -2.49. The molecule has 1 aromatic carbocycles. The molecule has 0 saturated carbocycles. The maximum atomic E-state index is 12.0. The highest BCUT2D eigenvalue weighted by Gasteiger charge is 2.27. The summed E-state index contributed by atoms with van der Waals surface area (Å²) < 4.78 is 51.4. The number of rotatable bonds is 9. The Morgan fingerprint density at radius 1 is 1.13 bits per heavy atom. The van der Waals surface area contributed by atoms with Crippen molar-refractivity contribution in [1.29, 1.82) is 0 Å². The van der Waals surface area contributed by atoms with Gasteiger partial charge in [-0.05, 0) is 19.3 Å². The number of aliphatic imine (C=N–C) groups is 1.